The highest BCUT2D eigenvalue weighted by Crippen LogP contribution is 2.04. The number of nitrogens with zero attached hydrogens (tertiary/aromatic N) is 1. The van der Waals surface area contributed by atoms with Crippen molar-refractivity contribution in [2.75, 3.05) is 5.75 Å². The maximum atomic E-state index is 11.0. The van der Waals surface area contributed by atoms with E-state index in [1.165, 1.54) is 17.5 Å². The van der Waals surface area contributed by atoms with Gasteiger partial charge in [-0.05, 0) is 0 Å². The zero-order valence-electron chi connectivity index (χ0n) is 7.00. The third kappa shape index (κ3) is 3.81. The molecule has 0 aliphatic carbocycles. The van der Waals surface area contributed by atoms with Crippen LogP contribution in [0.1, 0.15) is 4.88 Å². The molecule has 0 amide bonds. The van der Waals surface area contributed by atoms with Crippen molar-refractivity contribution in [1.82, 2.24) is 9.71 Å². The van der Waals surface area contributed by atoms with Crippen LogP contribution in [0.3, 0.4) is 0 Å². The second-order valence-electron chi connectivity index (χ2n) is 2.44. The largest absolute Gasteiger partial charge is 0.480 e. The Balaban J connectivity index is 2.49. The molecule has 0 fully saturated rings. The Labute approximate surface area is 84.7 Å². The Kier molecular flexibility index (Phi) is 3.55. The zero-order valence-corrected chi connectivity index (χ0v) is 8.64. The average Bonchev–Trinajstić information content (AvgIpc) is 2.50. The highest BCUT2D eigenvalue weighted by atomic mass is 32.2. The fourth-order valence-electron chi connectivity index (χ4n) is 0.724. The van der Waals surface area contributed by atoms with Crippen LogP contribution in [0.15, 0.2) is 11.7 Å². The summed E-state index contributed by atoms with van der Waals surface area (Å²) in [5.74, 6) is -2.28. The van der Waals surface area contributed by atoms with Gasteiger partial charge in [0.05, 0.1) is 5.51 Å². The number of aliphatic carboxylic acids is 1. The van der Waals surface area contributed by atoms with E-state index in [0.717, 1.165) is 4.88 Å². The second kappa shape index (κ2) is 4.49. The first-order chi connectivity index (χ1) is 6.49. The summed E-state index contributed by atoms with van der Waals surface area (Å²) < 4.78 is 24.2. The summed E-state index contributed by atoms with van der Waals surface area (Å²) in [7, 11) is -3.73. The lowest BCUT2D eigenvalue weighted by molar-refractivity contribution is -0.134. The maximum Gasteiger partial charge on any atom is 0.320 e. The molecule has 0 aromatic carbocycles. The van der Waals surface area contributed by atoms with Crippen molar-refractivity contribution in [2.24, 2.45) is 0 Å². The highest BCUT2D eigenvalue weighted by Gasteiger charge is 2.14. The van der Waals surface area contributed by atoms with Crippen molar-refractivity contribution in [3.63, 3.8) is 0 Å². The Bertz CT molecular complexity index is 397. The van der Waals surface area contributed by atoms with Gasteiger partial charge in [-0.1, -0.05) is 0 Å². The molecular formula is C6H8N2O4S2. The predicted octanol–water partition coefficient (Wildman–Crippen LogP) is -0.353. The SMILES string of the molecule is O=C(O)CS(=O)(=O)NCc1cncs1. The quantitative estimate of drug-likeness (QED) is 0.728. The van der Waals surface area contributed by atoms with Crippen LogP contribution in [0.2, 0.25) is 0 Å². The third-order valence-electron chi connectivity index (χ3n) is 1.26. The van der Waals surface area contributed by atoms with Gasteiger partial charge in [0.2, 0.25) is 10.0 Å². The highest BCUT2D eigenvalue weighted by molar-refractivity contribution is 7.90. The van der Waals surface area contributed by atoms with Gasteiger partial charge in [-0.15, -0.1) is 11.3 Å². The average molecular weight is 236 g/mol. The monoisotopic (exact) mass is 236 g/mol. The van der Waals surface area contributed by atoms with Gasteiger partial charge in [0.25, 0.3) is 0 Å². The van der Waals surface area contributed by atoms with Crippen LogP contribution < -0.4 is 4.72 Å². The number of carbonyl (C=O) groups is 1. The maximum absolute atomic E-state index is 11.0. The van der Waals surface area contributed by atoms with Crippen LogP contribution in [0.25, 0.3) is 0 Å². The number of hydrogen-bond donors (Lipinski definition) is 2. The molecule has 1 heterocycles. The van der Waals surface area contributed by atoms with Crippen molar-refractivity contribution in [3.05, 3.63) is 16.6 Å². The minimum Gasteiger partial charge on any atom is -0.480 e. The molecule has 0 radical (unpaired) electrons. The predicted molar refractivity (Wildman–Crippen MR) is 50.4 cm³/mol. The summed E-state index contributed by atoms with van der Waals surface area (Å²) in [5.41, 5.74) is 1.57. The number of carboxylic acids is 1. The molecule has 0 aliphatic rings. The number of nitrogens with one attached hydrogen (secondary N) is 1. The lowest BCUT2D eigenvalue weighted by Gasteiger charge is -2.01. The summed E-state index contributed by atoms with van der Waals surface area (Å²) in [6.07, 6.45) is 1.52. The Morgan fingerprint density at radius 1 is 1.64 bits per heavy atom. The summed E-state index contributed by atoms with van der Waals surface area (Å²) in [6, 6.07) is 0. The van der Waals surface area contributed by atoms with E-state index in [1.807, 2.05) is 0 Å². The van der Waals surface area contributed by atoms with Crippen LogP contribution >= 0.6 is 11.3 Å². The van der Waals surface area contributed by atoms with Crippen molar-refractivity contribution in [3.8, 4) is 0 Å². The lowest BCUT2D eigenvalue weighted by atomic mass is 10.6. The van der Waals surface area contributed by atoms with Crippen molar-refractivity contribution >= 4 is 27.3 Å². The van der Waals surface area contributed by atoms with E-state index in [0.29, 0.717) is 0 Å². The molecule has 0 bridgehead atoms. The lowest BCUT2D eigenvalue weighted by Crippen LogP contribution is -2.29. The minimum absolute atomic E-state index is 0.0836. The third-order valence-corrected chi connectivity index (χ3v) is 3.25. The van der Waals surface area contributed by atoms with Gasteiger partial charge in [0, 0.05) is 17.6 Å². The number of carboxylic acid groups (broad SMARTS) is 1. The molecule has 78 valence electrons. The van der Waals surface area contributed by atoms with E-state index in [4.69, 9.17) is 5.11 Å². The second-order valence-corrected chi connectivity index (χ2v) is 5.22. The van der Waals surface area contributed by atoms with Crippen LogP contribution in [-0.4, -0.2) is 30.2 Å². The van der Waals surface area contributed by atoms with Gasteiger partial charge >= 0.3 is 5.97 Å². The van der Waals surface area contributed by atoms with E-state index in [2.05, 4.69) is 9.71 Å². The number of aromatic nitrogens is 1. The fourth-order valence-corrected chi connectivity index (χ4v) is 2.15. The van der Waals surface area contributed by atoms with Gasteiger partial charge in [-0.2, -0.15) is 0 Å². The van der Waals surface area contributed by atoms with E-state index >= 15 is 0 Å². The van der Waals surface area contributed by atoms with Crippen molar-refractivity contribution in [2.45, 2.75) is 6.54 Å². The van der Waals surface area contributed by atoms with E-state index < -0.39 is 21.7 Å². The number of hydrogen-bond acceptors (Lipinski definition) is 5. The molecule has 14 heavy (non-hydrogen) atoms. The molecule has 0 saturated heterocycles. The summed E-state index contributed by atoms with van der Waals surface area (Å²) in [6.45, 7) is 0.0836. The molecule has 0 saturated carbocycles. The molecule has 1 rings (SSSR count). The Morgan fingerprint density at radius 2 is 2.36 bits per heavy atom. The molecule has 1 aromatic heterocycles. The first-order valence-electron chi connectivity index (χ1n) is 3.56. The smallest absolute Gasteiger partial charge is 0.320 e. The Morgan fingerprint density at radius 3 is 2.86 bits per heavy atom. The molecular weight excluding hydrogens is 228 g/mol. The molecule has 8 heteroatoms. The van der Waals surface area contributed by atoms with Crippen LogP contribution in [-0.2, 0) is 21.4 Å². The summed E-state index contributed by atoms with van der Waals surface area (Å²) >= 11 is 1.30. The first kappa shape index (κ1) is 11.1. The summed E-state index contributed by atoms with van der Waals surface area (Å²) in [4.78, 5) is 14.6. The van der Waals surface area contributed by atoms with Gasteiger partial charge in [-0.3, -0.25) is 9.78 Å². The number of rotatable bonds is 5. The minimum atomic E-state index is -3.73. The van der Waals surface area contributed by atoms with Gasteiger partial charge in [-0.25, -0.2) is 13.1 Å². The number of thiazole rings is 1. The van der Waals surface area contributed by atoms with Crippen LogP contribution in [0.4, 0.5) is 0 Å². The molecule has 0 aliphatic heterocycles. The molecule has 0 spiro atoms. The molecule has 1 aromatic rings. The van der Waals surface area contributed by atoms with Crippen LogP contribution in [0.5, 0.6) is 0 Å². The zero-order chi connectivity index (χ0) is 10.6. The Hall–Kier alpha value is -0.990. The fraction of sp³-hybridized carbons (Fsp3) is 0.333. The van der Waals surface area contributed by atoms with Gasteiger partial charge in [0.15, 0.2) is 5.75 Å². The first-order valence-corrected chi connectivity index (χ1v) is 6.09. The standard InChI is InChI=1S/C6H8N2O4S2/c9-6(10)3-14(11,12)8-2-5-1-7-4-13-5/h1,4,8H,2-3H2,(H,9,10). The van der Waals surface area contributed by atoms with Gasteiger partial charge in [0.1, 0.15) is 0 Å². The van der Waals surface area contributed by atoms with E-state index in [-0.39, 0.29) is 6.54 Å². The van der Waals surface area contributed by atoms with Gasteiger partial charge < -0.3 is 5.11 Å². The normalized spacial score (nSPS) is 11.4. The van der Waals surface area contributed by atoms with Crippen LogP contribution in [0, 0.1) is 0 Å². The molecule has 6 nitrogen and oxygen atoms in total. The number of sulfonamides is 1. The molecule has 0 unspecified atom stereocenters. The van der Waals surface area contributed by atoms with Crippen molar-refractivity contribution < 1.29 is 18.3 Å². The van der Waals surface area contributed by atoms with E-state index in [9.17, 15) is 13.2 Å². The summed E-state index contributed by atoms with van der Waals surface area (Å²) in [5, 5.41) is 8.28. The molecule has 2 N–H and O–H groups in total. The van der Waals surface area contributed by atoms with E-state index in [1.54, 1.807) is 5.51 Å². The van der Waals surface area contributed by atoms with Crippen molar-refractivity contribution in [1.29, 1.82) is 0 Å². The molecule has 0 atom stereocenters. The topological polar surface area (TPSA) is 96.4 Å².